The van der Waals surface area contributed by atoms with Gasteiger partial charge in [0.25, 0.3) is 5.91 Å². The predicted octanol–water partition coefficient (Wildman–Crippen LogP) is 2.18. The Morgan fingerprint density at radius 3 is 2.83 bits per heavy atom. The molecule has 1 amide bonds. The van der Waals surface area contributed by atoms with E-state index in [1.807, 2.05) is 18.2 Å². The molecule has 3 heterocycles. The second-order valence-electron chi connectivity index (χ2n) is 6.16. The summed E-state index contributed by atoms with van der Waals surface area (Å²) in [7, 11) is 0. The molecule has 0 spiro atoms. The lowest BCUT2D eigenvalue weighted by Gasteiger charge is -2.23. The summed E-state index contributed by atoms with van der Waals surface area (Å²) < 4.78 is 5.28. The maximum Gasteiger partial charge on any atom is 0.349 e. The summed E-state index contributed by atoms with van der Waals surface area (Å²) in [5.74, 6) is -0.214. The van der Waals surface area contributed by atoms with E-state index >= 15 is 0 Å². The van der Waals surface area contributed by atoms with Crippen LogP contribution in [0.25, 0.3) is 11.0 Å². The first-order chi connectivity index (χ1) is 10.7. The maximum atomic E-state index is 12.7. The fourth-order valence-corrected chi connectivity index (χ4v) is 3.51. The maximum absolute atomic E-state index is 12.7. The number of hydrogen-bond acceptors (Lipinski definition) is 4. The van der Waals surface area contributed by atoms with Gasteiger partial charge in [-0.25, -0.2) is 4.79 Å². The van der Waals surface area contributed by atoms with E-state index in [0.717, 1.165) is 18.2 Å². The first kappa shape index (κ1) is 16.0. The summed E-state index contributed by atoms with van der Waals surface area (Å²) in [5, 5.41) is 4.32. The Balaban J connectivity index is 0.00000156. The molecule has 1 aromatic carbocycles. The summed E-state index contributed by atoms with van der Waals surface area (Å²) in [6.07, 6.45) is 3.23. The van der Waals surface area contributed by atoms with Gasteiger partial charge in [-0.3, -0.25) is 4.79 Å². The highest BCUT2D eigenvalue weighted by Gasteiger charge is 2.32. The van der Waals surface area contributed by atoms with Crippen molar-refractivity contribution in [1.29, 1.82) is 0 Å². The normalized spacial score (nSPS) is 23.4. The molecule has 1 N–H and O–H groups in total. The van der Waals surface area contributed by atoms with E-state index in [2.05, 4.69) is 5.32 Å². The van der Waals surface area contributed by atoms with E-state index in [-0.39, 0.29) is 23.9 Å². The van der Waals surface area contributed by atoms with Crippen molar-refractivity contribution in [3.63, 3.8) is 0 Å². The van der Waals surface area contributed by atoms with Gasteiger partial charge in [0, 0.05) is 30.6 Å². The third-order valence-electron chi connectivity index (χ3n) is 4.68. The van der Waals surface area contributed by atoms with E-state index in [4.69, 9.17) is 4.42 Å². The topological polar surface area (TPSA) is 62.6 Å². The fraction of sp³-hybridized carbons (Fsp3) is 0.412. The van der Waals surface area contributed by atoms with E-state index in [1.54, 1.807) is 17.0 Å². The van der Waals surface area contributed by atoms with Gasteiger partial charge in [-0.2, -0.15) is 0 Å². The lowest BCUT2D eigenvalue weighted by molar-refractivity contribution is 0.0744. The monoisotopic (exact) mass is 334 g/mol. The number of fused-ring (bicyclic) bond motifs is 3. The molecular formula is C17H19ClN2O3. The second-order valence-corrected chi connectivity index (χ2v) is 6.16. The van der Waals surface area contributed by atoms with Crippen LogP contribution in [0.3, 0.4) is 0 Å². The molecule has 2 aromatic rings. The van der Waals surface area contributed by atoms with Crippen molar-refractivity contribution >= 4 is 29.3 Å². The number of amides is 1. The Morgan fingerprint density at radius 1 is 1.17 bits per heavy atom. The highest BCUT2D eigenvalue weighted by atomic mass is 35.5. The molecule has 0 aliphatic carbocycles. The van der Waals surface area contributed by atoms with Gasteiger partial charge in [0.05, 0.1) is 0 Å². The first-order valence-corrected chi connectivity index (χ1v) is 7.79. The highest BCUT2D eigenvalue weighted by molar-refractivity contribution is 5.96. The van der Waals surface area contributed by atoms with Crippen molar-refractivity contribution in [1.82, 2.24) is 10.2 Å². The van der Waals surface area contributed by atoms with Crippen LogP contribution in [-0.2, 0) is 0 Å². The van der Waals surface area contributed by atoms with E-state index in [9.17, 15) is 9.59 Å². The van der Waals surface area contributed by atoms with Crippen molar-refractivity contribution in [3.8, 4) is 0 Å². The number of hydrogen-bond donors (Lipinski definition) is 1. The molecule has 6 heteroatoms. The molecule has 1 aromatic heterocycles. The zero-order valence-electron chi connectivity index (χ0n) is 12.7. The minimum absolute atomic E-state index is 0. The quantitative estimate of drug-likeness (QED) is 0.812. The Hall–Kier alpha value is -1.85. The Labute approximate surface area is 140 Å². The molecule has 5 nitrogen and oxygen atoms in total. The SMILES string of the molecule is Cl.O=C(c1cc2ccccc2oc1=O)N1CC[C@H]2CC[C@@H](C1)N2. The number of benzene rings is 1. The minimum atomic E-state index is -0.550. The van der Waals surface area contributed by atoms with Gasteiger partial charge < -0.3 is 14.6 Å². The van der Waals surface area contributed by atoms with Crippen LogP contribution < -0.4 is 10.9 Å². The van der Waals surface area contributed by atoms with Crippen LogP contribution in [0.4, 0.5) is 0 Å². The Morgan fingerprint density at radius 2 is 1.96 bits per heavy atom. The number of halogens is 1. The van der Waals surface area contributed by atoms with Crippen molar-refractivity contribution in [2.45, 2.75) is 31.3 Å². The molecule has 2 aliphatic heterocycles. The zero-order valence-corrected chi connectivity index (χ0v) is 13.5. The first-order valence-electron chi connectivity index (χ1n) is 7.79. The summed E-state index contributed by atoms with van der Waals surface area (Å²) in [6.45, 7) is 1.36. The van der Waals surface area contributed by atoms with Crippen LogP contribution >= 0.6 is 12.4 Å². The van der Waals surface area contributed by atoms with Crippen LogP contribution in [0.2, 0.25) is 0 Å². The summed E-state index contributed by atoms with van der Waals surface area (Å²) in [5.41, 5.74) is 0.100. The average Bonchev–Trinajstić information content (AvgIpc) is 2.85. The van der Waals surface area contributed by atoms with Crippen LogP contribution in [0.15, 0.2) is 39.5 Å². The summed E-state index contributed by atoms with van der Waals surface area (Å²) in [6, 6.07) is 9.77. The summed E-state index contributed by atoms with van der Waals surface area (Å²) in [4.78, 5) is 26.7. The van der Waals surface area contributed by atoms with Gasteiger partial charge in [-0.15, -0.1) is 12.4 Å². The Bertz CT molecular complexity index is 789. The molecular weight excluding hydrogens is 316 g/mol. The van der Waals surface area contributed by atoms with Crippen molar-refractivity contribution < 1.29 is 9.21 Å². The van der Waals surface area contributed by atoms with Gasteiger partial charge >= 0.3 is 5.63 Å². The Kier molecular flexibility index (Phi) is 4.41. The molecule has 4 rings (SSSR count). The molecule has 2 aliphatic rings. The van der Waals surface area contributed by atoms with E-state index in [1.165, 1.54) is 6.42 Å². The van der Waals surface area contributed by atoms with Gasteiger partial charge in [0.15, 0.2) is 0 Å². The van der Waals surface area contributed by atoms with Gasteiger partial charge in [0.2, 0.25) is 0 Å². The number of nitrogens with one attached hydrogen (secondary N) is 1. The van der Waals surface area contributed by atoms with Gasteiger partial charge in [-0.1, -0.05) is 18.2 Å². The van der Waals surface area contributed by atoms with E-state index in [0.29, 0.717) is 30.8 Å². The third-order valence-corrected chi connectivity index (χ3v) is 4.68. The lowest BCUT2D eigenvalue weighted by Crippen LogP contribution is -2.40. The third kappa shape index (κ3) is 2.99. The molecule has 2 atom stereocenters. The standard InChI is InChI=1S/C17H18N2O3.ClH/c20-16(19-8-7-12-5-6-13(10-19)18-12)14-9-11-3-1-2-4-15(11)22-17(14)21;/h1-4,9,12-13,18H,5-8,10H2;1H/t12-,13+;/m1./s1. The predicted molar refractivity (Wildman–Crippen MR) is 90.2 cm³/mol. The molecule has 2 fully saturated rings. The van der Waals surface area contributed by atoms with Crippen molar-refractivity contribution in [2.24, 2.45) is 0 Å². The molecule has 0 saturated carbocycles. The molecule has 23 heavy (non-hydrogen) atoms. The largest absolute Gasteiger partial charge is 0.422 e. The van der Waals surface area contributed by atoms with Gasteiger partial charge in [0.1, 0.15) is 11.1 Å². The van der Waals surface area contributed by atoms with Crippen LogP contribution in [0.1, 0.15) is 29.6 Å². The number of likely N-dealkylation sites (tertiary alicyclic amines) is 1. The lowest BCUT2D eigenvalue weighted by atomic mass is 10.1. The number of carbonyl (C=O) groups is 1. The van der Waals surface area contributed by atoms with Crippen LogP contribution in [0, 0.1) is 0 Å². The molecule has 2 saturated heterocycles. The number of para-hydroxylation sites is 1. The average molecular weight is 335 g/mol. The van der Waals surface area contributed by atoms with Crippen molar-refractivity contribution in [2.75, 3.05) is 13.1 Å². The zero-order chi connectivity index (χ0) is 15.1. The molecule has 0 radical (unpaired) electrons. The number of carbonyl (C=O) groups excluding carboxylic acids is 1. The highest BCUT2D eigenvalue weighted by Crippen LogP contribution is 2.22. The van der Waals surface area contributed by atoms with Crippen molar-refractivity contribution in [3.05, 3.63) is 46.3 Å². The van der Waals surface area contributed by atoms with Crippen LogP contribution in [-0.4, -0.2) is 36.0 Å². The second kappa shape index (κ2) is 6.34. The fourth-order valence-electron chi connectivity index (χ4n) is 3.51. The smallest absolute Gasteiger partial charge is 0.349 e. The number of nitrogens with zero attached hydrogens (tertiary/aromatic N) is 1. The number of rotatable bonds is 1. The molecule has 0 unspecified atom stereocenters. The molecule has 122 valence electrons. The van der Waals surface area contributed by atoms with Crippen LogP contribution in [0.5, 0.6) is 0 Å². The molecule has 2 bridgehead atoms. The van der Waals surface area contributed by atoms with E-state index < -0.39 is 5.63 Å². The van der Waals surface area contributed by atoms with Gasteiger partial charge in [-0.05, 0) is 31.4 Å². The minimum Gasteiger partial charge on any atom is -0.422 e. The summed E-state index contributed by atoms with van der Waals surface area (Å²) >= 11 is 0.